The molecule has 0 unspecified atom stereocenters. The molecule has 1 aliphatic carbocycles. The van der Waals surface area contributed by atoms with E-state index >= 15 is 0 Å². The number of hydrogen-bond acceptors (Lipinski definition) is 1. The normalized spacial score (nSPS) is 16.9. The Labute approximate surface area is 105 Å². The first-order chi connectivity index (χ1) is 7.69. The van der Waals surface area contributed by atoms with Crippen molar-refractivity contribution in [3.63, 3.8) is 0 Å². The predicted molar refractivity (Wildman–Crippen MR) is 69.0 cm³/mol. The number of alkyl halides is 1. The molecular formula is C13H16BrNO. The van der Waals surface area contributed by atoms with Gasteiger partial charge in [-0.3, -0.25) is 4.79 Å². The Hall–Kier alpha value is -0.830. The second-order valence-electron chi connectivity index (χ2n) is 4.42. The van der Waals surface area contributed by atoms with Crippen LogP contribution in [-0.4, -0.2) is 16.8 Å². The van der Waals surface area contributed by atoms with E-state index in [9.17, 15) is 4.79 Å². The zero-order valence-electron chi connectivity index (χ0n) is 9.42. The Balaban J connectivity index is 2.03. The van der Waals surface area contributed by atoms with E-state index in [0.29, 0.717) is 0 Å². The summed E-state index contributed by atoms with van der Waals surface area (Å²) in [6.07, 6.45) is 3.17. The molecule has 0 atom stereocenters. The van der Waals surface area contributed by atoms with Gasteiger partial charge in [0.15, 0.2) is 0 Å². The van der Waals surface area contributed by atoms with E-state index < -0.39 is 0 Å². The Morgan fingerprint density at radius 2 is 2.00 bits per heavy atom. The van der Waals surface area contributed by atoms with Gasteiger partial charge < -0.3 is 5.32 Å². The van der Waals surface area contributed by atoms with Crippen LogP contribution in [0.4, 0.5) is 0 Å². The average Bonchev–Trinajstić information content (AvgIpc) is 3.09. The number of rotatable bonds is 4. The van der Waals surface area contributed by atoms with Gasteiger partial charge in [-0.05, 0) is 37.0 Å². The second kappa shape index (κ2) is 4.58. The summed E-state index contributed by atoms with van der Waals surface area (Å²) in [6, 6.07) is 7.84. The van der Waals surface area contributed by atoms with Crippen LogP contribution in [0.1, 0.15) is 35.7 Å². The Morgan fingerprint density at radius 3 is 2.44 bits per heavy atom. The van der Waals surface area contributed by atoms with E-state index in [1.807, 2.05) is 24.3 Å². The monoisotopic (exact) mass is 281 g/mol. The Morgan fingerprint density at radius 1 is 1.38 bits per heavy atom. The summed E-state index contributed by atoms with van der Waals surface area (Å²) in [5, 5.41) is 3.93. The topological polar surface area (TPSA) is 29.1 Å². The molecule has 1 aliphatic rings. The fourth-order valence-electron chi connectivity index (χ4n) is 1.65. The molecule has 0 heterocycles. The number of amides is 1. The van der Waals surface area contributed by atoms with Crippen LogP contribution in [-0.2, 0) is 6.42 Å². The smallest absolute Gasteiger partial charge is 0.251 e. The first-order valence-corrected chi connectivity index (χ1v) is 6.79. The maximum Gasteiger partial charge on any atom is 0.251 e. The SMILES string of the molecule is CCc1ccc(C(=O)NC2(CBr)CC2)cc1. The predicted octanol–water partition coefficient (Wildman–Crippen LogP) is 2.91. The number of hydrogen-bond donors (Lipinski definition) is 1. The highest BCUT2D eigenvalue weighted by atomic mass is 79.9. The molecule has 3 heteroatoms. The van der Waals surface area contributed by atoms with Crippen LogP contribution in [0.3, 0.4) is 0 Å². The van der Waals surface area contributed by atoms with Gasteiger partial charge in [0, 0.05) is 10.9 Å². The summed E-state index contributed by atoms with van der Waals surface area (Å²) in [5.41, 5.74) is 2.04. The molecule has 1 aromatic rings. The van der Waals surface area contributed by atoms with Crippen LogP contribution >= 0.6 is 15.9 Å². The first-order valence-electron chi connectivity index (χ1n) is 5.66. The number of aryl methyl sites for hydroxylation is 1. The summed E-state index contributed by atoms with van der Waals surface area (Å²) in [6.45, 7) is 2.11. The molecule has 0 radical (unpaired) electrons. The Kier molecular flexibility index (Phi) is 3.33. The molecule has 1 N–H and O–H groups in total. The summed E-state index contributed by atoms with van der Waals surface area (Å²) < 4.78 is 0. The van der Waals surface area contributed by atoms with E-state index in [2.05, 4.69) is 28.2 Å². The zero-order valence-corrected chi connectivity index (χ0v) is 11.0. The average molecular weight is 282 g/mol. The van der Waals surface area contributed by atoms with Gasteiger partial charge in [0.05, 0.1) is 5.54 Å². The van der Waals surface area contributed by atoms with Crippen LogP contribution in [0.5, 0.6) is 0 Å². The van der Waals surface area contributed by atoms with Crippen molar-refractivity contribution in [2.45, 2.75) is 31.7 Å². The minimum atomic E-state index is 0.0283. The largest absolute Gasteiger partial charge is 0.346 e. The number of benzene rings is 1. The first kappa shape index (κ1) is 11.6. The molecule has 0 saturated heterocycles. The van der Waals surface area contributed by atoms with Crippen molar-refractivity contribution in [1.82, 2.24) is 5.32 Å². The fraction of sp³-hybridized carbons (Fsp3) is 0.462. The molecule has 86 valence electrons. The van der Waals surface area contributed by atoms with Gasteiger partial charge >= 0.3 is 0 Å². The van der Waals surface area contributed by atoms with Crippen LogP contribution in [0.2, 0.25) is 0 Å². The van der Waals surface area contributed by atoms with E-state index in [1.54, 1.807) is 0 Å². The highest BCUT2D eigenvalue weighted by Gasteiger charge is 2.42. The third-order valence-electron chi connectivity index (χ3n) is 3.11. The molecule has 0 aliphatic heterocycles. The molecule has 0 aromatic heterocycles. The van der Waals surface area contributed by atoms with Gasteiger partial charge in [0.1, 0.15) is 0 Å². The lowest BCUT2D eigenvalue weighted by atomic mass is 10.1. The summed E-state index contributed by atoms with van der Waals surface area (Å²) in [5.74, 6) is 0.0413. The summed E-state index contributed by atoms with van der Waals surface area (Å²) in [7, 11) is 0. The van der Waals surface area contributed by atoms with Gasteiger partial charge in [-0.1, -0.05) is 35.0 Å². The molecule has 0 bridgehead atoms. The van der Waals surface area contributed by atoms with Gasteiger partial charge in [-0.2, -0.15) is 0 Å². The van der Waals surface area contributed by atoms with Crippen LogP contribution in [0, 0.1) is 0 Å². The maximum absolute atomic E-state index is 11.9. The summed E-state index contributed by atoms with van der Waals surface area (Å²) >= 11 is 3.44. The summed E-state index contributed by atoms with van der Waals surface area (Å²) in [4.78, 5) is 11.9. The minimum absolute atomic E-state index is 0.0283. The van der Waals surface area contributed by atoms with Crippen LogP contribution in [0.25, 0.3) is 0 Å². The zero-order chi connectivity index (χ0) is 11.6. The number of carbonyl (C=O) groups is 1. The second-order valence-corrected chi connectivity index (χ2v) is 4.98. The maximum atomic E-state index is 11.9. The van der Waals surface area contributed by atoms with Crippen molar-refractivity contribution in [3.05, 3.63) is 35.4 Å². The van der Waals surface area contributed by atoms with Crippen molar-refractivity contribution in [3.8, 4) is 0 Å². The lowest BCUT2D eigenvalue weighted by Gasteiger charge is -2.14. The molecule has 2 rings (SSSR count). The van der Waals surface area contributed by atoms with Gasteiger partial charge in [-0.15, -0.1) is 0 Å². The molecule has 1 amide bonds. The lowest BCUT2D eigenvalue weighted by molar-refractivity contribution is 0.0936. The van der Waals surface area contributed by atoms with Crippen molar-refractivity contribution >= 4 is 21.8 Å². The van der Waals surface area contributed by atoms with Crippen LogP contribution < -0.4 is 5.32 Å². The van der Waals surface area contributed by atoms with Gasteiger partial charge in [0.25, 0.3) is 5.91 Å². The third kappa shape index (κ3) is 2.46. The minimum Gasteiger partial charge on any atom is -0.346 e. The lowest BCUT2D eigenvalue weighted by Crippen LogP contribution is -2.38. The van der Waals surface area contributed by atoms with Crippen molar-refractivity contribution in [2.24, 2.45) is 0 Å². The highest BCUT2D eigenvalue weighted by molar-refractivity contribution is 9.09. The van der Waals surface area contributed by atoms with E-state index in [0.717, 1.165) is 30.2 Å². The molecule has 16 heavy (non-hydrogen) atoms. The van der Waals surface area contributed by atoms with Crippen molar-refractivity contribution in [1.29, 1.82) is 0 Å². The number of carbonyl (C=O) groups excluding carboxylic acids is 1. The third-order valence-corrected chi connectivity index (χ3v) is 4.19. The molecule has 1 aromatic carbocycles. The molecule has 1 saturated carbocycles. The fourth-order valence-corrected chi connectivity index (χ4v) is 2.35. The quantitative estimate of drug-likeness (QED) is 0.845. The molecule has 1 fully saturated rings. The van der Waals surface area contributed by atoms with Crippen LogP contribution in [0.15, 0.2) is 24.3 Å². The molecule has 0 spiro atoms. The number of halogens is 1. The van der Waals surface area contributed by atoms with Gasteiger partial charge in [0.2, 0.25) is 0 Å². The van der Waals surface area contributed by atoms with E-state index in [-0.39, 0.29) is 11.4 Å². The van der Waals surface area contributed by atoms with Crippen molar-refractivity contribution in [2.75, 3.05) is 5.33 Å². The standard InChI is InChI=1S/C13H16BrNO/c1-2-10-3-5-11(6-4-10)12(16)15-13(9-14)7-8-13/h3-6H,2,7-9H2,1H3,(H,15,16). The molecule has 2 nitrogen and oxygen atoms in total. The van der Waals surface area contributed by atoms with E-state index in [1.165, 1.54) is 5.56 Å². The van der Waals surface area contributed by atoms with Crippen molar-refractivity contribution < 1.29 is 4.79 Å². The van der Waals surface area contributed by atoms with E-state index in [4.69, 9.17) is 0 Å². The number of nitrogens with one attached hydrogen (secondary N) is 1. The highest BCUT2D eigenvalue weighted by Crippen LogP contribution is 2.37. The van der Waals surface area contributed by atoms with Gasteiger partial charge in [-0.25, -0.2) is 0 Å². The molecular weight excluding hydrogens is 266 g/mol. The Bertz CT molecular complexity index is 381.